The molecule has 1 aliphatic heterocycles. The molecule has 0 amide bonds. The van der Waals surface area contributed by atoms with E-state index in [1.807, 2.05) is 6.92 Å². The van der Waals surface area contributed by atoms with Crippen molar-refractivity contribution in [2.24, 2.45) is 0 Å². The van der Waals surface area contributed by atoms with Crippen molar-refractivity contribution in [1.29, 1.82) is 0 Å². The molecule has 4 heteroatoms. The van der Waals surface area contributed by atoms with Crippen molar-refractivity contribution in [2.75, 3.05) is 6.61 Å². The summed E-state index contributed by atoms with van der Waals surface area (Å²) in [6.07, 6.45) is 0.0599. The van der Waals surface area contributed by atoms with Gasteiger partial charge in [-0.3, -0.25) is 0 Å². The molecular formula is C9H8Cl2O2. The maximum Gasteiger partial charge on any atom is 0.163 e. The Morgan fingerprint density at radius 3 is 2.54 bits per heavy atom. The Kier molecular flexibility index (Phi) is 2.26. The first kappa shape index (κ1) is 8.97. The van der Waals surface area contributed by atoms with Gasteiger partial charge in [-0.15, -0.1) is 0 Å². The number of halogens is 2. The van der Waals surface area contributed by atoms with Crippen LogP contribution in [0.25, 0.3) is 0 Å². The van der Waals surface area contributed by atoms with Crippen molar-refractivity contribution in [3.05, 3.63) is 22.2 Å². The zero-order valence-corrected chi connectivity index (χ0v) is 8.52. The summed E-state index contributed by atoms with van der Waals surface area (Å²) in [5, 5.41) is 0.969. The van der Waals surface area contributed by atoms with Crippen LogP contribution in [0.4, 0.5) is 0 Å². The lowest BCUT2D eigenvalue weighted by Crippen LogP contribution is -2.25. The minimum absolute atomic E-state index is 0.0599. The standard InChI is InChI=1S/C9H8Cl2O2/c1-5-4-12-8-2-6(10)7(11)3-9(8)13-5/h2-3,5H,4H2,1H3/t5-/m0/s1. The molecule has 0 radical (unpaired) electrons. The average Bonchev–Trinajstić information content (AvgIpc) is 2.08. The monoisotopic (exact) mass is 218 g/mol. The fraction of sp³-hybridized carbons (Fsp3) is 0.333. The first-order valence-corrected chi connectivity index (χ1v) is 4.71. The largest absolute Gasteiger partial charge is 0.486 e. The Morgan fingerprint density at radius 1 is 1.23 bits per heavy atom. The Bertz CT molecular complexity index is 339. The van der Waals surface area contributed by atoms with Gasteiger partial charge in [-0.25, -0.2) is 0 Å². The Labute approximate surface area is 86.4 Å². The van der Waals surface area contributed by atoms with E-state index in [9.17, 15) is 0 Å². The molecule has 0 fully saturated rings. The molecule has 0 unspecified atom stereocenters. The third-order valence-corrected chi connectivity index (χ3v) is 2.51. The number of ether oxygens (including phenoxy) is 2. The summed E-state index contributed by atoms with van der Waals surface area (Å²) in [4.78, 5) is 0. The maximum atomic E-state index is 5.83. The second-order valence-corrected chi connectivity index (χ2v) is 3.77. The van der Waals surface area contributed by atoms with Crippen LogP contribution >= 0.6 is 23.2 Å². The van der Waals surface area contributed by atoms with Gasteiger partial charge in [0.25, 0.3) is 0 Å². The summed E-state index contributed by atoms with van der Waals surface area (Å²) < 4.78 is 10.9. The third kappa shape index (κ3) is 1.69. The Hall–Kier alpha value is -0.600. The van der Waals surface area contributed by atoms with Crippen LogP contribution in [0.1, 0.15) is 6.92 Å². The fourth-order valence-corrected chi connectivity index (χ4v) is 1.48. The van der Waals surface area contributed by atoms with Crippen LogP contribution in [0, 0.1) is 0 Å². The highest BCUT2D eigenvalue weighted by Crippen LogP contribution is 2.38. The zero-order valence-electron chi connectivity index (χ0n) is 7.01. The number of benzene rings is 1. The molecule has 2 rings (SSSR count). The number of hydrogen-bond donors (Lipinski definition) is 0. The Morgan fingerprint density at radius 2 is 1.85 bits per heavy atom. The van der Waals surface area contributed by atoms with Gasteiger partial charge in [-0.2, -0.15) is 0 Å². The zero-order chi connectivity index (χ0) is 9.42. The van der Waals surface area contributed by atoms with Crippen molar-refractivity contribution in [1.82, 2.24) is 0 Å². The van der Waals surface area contributed by atoms with E-state index in [0.717, 1.165) is 0 Å². The molecule has 1 heterocycles. The molecule has 1 aliphatic rings. The smallest absolute Gasteiger partial charge is 0.163 e. The lowest BCUT2D eigenvalue weighted by atomic mass is 10.3. The van der Waals surface area contributed by atoms with Gasteiger partial charge in [0.1, 0.15) is 12.7 Å². The molecule has 1 atom stereocenters. The van der Waals surface area contributed by atoms with Crippen molar-refractivity contribution in [3.63, 3.8) is 0 Å². The van der Waals surface area contributed by atoms with Gasteiger partial charge in [0.15, 0.2) is 11.5 Å². The highest BCUT2D eigenvalue weighted by atomic mass is 35.5. The maximum absolute atomic E-state index is 5.83. The van der Waals surface area contributed by atoms with E-state index in [0.29, 0.717) is 28.2 Å². The Balaban J connectivity index is 2.43. The summed E-state index contributed by atoms with van der Waals surface area (Å²) in [5.74, 6) is 1.32. The van der Waals surface area contributed by atoms with Gasteiger partial charge in [-0.1, -0.05) is 23.2 Å². The SMILES string of the molecule is C[C@H]1COc2cc(Cl)c(Cl)cc2O1. The number of fused-ring (bicyclic) bond motifs is 1. The molecule has 2 nitrogen and oxygen atoms in total. The highest BCUT2D eigenvalue weighted by molar-refractivity contribution is 6.42. The van der Waals surface area contributed by atoms with Gasteiger partial charge in [-0.05, 0) is 6.92 Å². The molecule has 0 N–H and O–H groups in total. The molecule has 1 aromatic rings. The van der Waals surface area contributed by atoms with Crippen LogP contribution in [-0.2, 0) is 0 Å². The minimum Gasteiger partial charge on any atom is -0.486 e. The van der Waals surface area contributed by atoms with Crippen LogP contribution in [0.2, 0.25) is 10.0 Å². The normalized spacial score (nSPS) is 20.1. The molecule has 0 aliphatic carbocycles. The highest BCUT2D eigenvalue weighted by Gasteiger charge is 2.18. The lowest BCUT2D eigenvalue weighted by molar-refractivity contribution is 0.104. The molecule has 0 saturated heterocycles. The first-order valence-electron chi connectivity index (χ1n) is 3.95. The molecule has 1 aromatic carbocycles. The van der Waals surface area contributed by atoms with Gasteiger partial charge in [0.2, 0.25) is 0 Å². The van der Waals surface area contributed by atoms with E-state index in [1.54, 1.807) is 12.1 Å². The minimum atomic E-state index is 0.0599. The third-order valence-electron chi connectivity index (χ3n) is 1.79. The molecule has 0 aromatic heterocycles. The summed E-state index contributed by atoms with van der Waals surface area (Å²) >= 11 is 11.6. The predicted molar refractivity (Wildman–Crippen MR) is 52.0 cm³/mol. The van der Waals surface area contributed by atoms with Gasteiger partial charge < -0.3 is 9.47 Å². The van der Waals surface area contributed by atoms with Gasteiger partial charge in [0.05, 0.1) is 10.0 Å². The quantitative estimate of drug-likeness (QED) is 0.667. The number of hydrogen-bond acceptors (Lipinski definition) is 2. The average molecular weight is 219 g/mol. The van der Waals surface area contributed by atoms with Crippen LogP contribution in [0.3, 0.4) is 0 Å². The summed E-state index contributed by atoms with van der Waals surface area (Å²) in [5.41, 5.74) is 0. The van der Waals surface area contributed by atoms with E-state index in [1.165, 1.54) is 0 Å². The second kappa shape index (κ2) is 3.28. The van der Waals surface area contributed by atoms with E-state index >= 15 is 0 Å². The van der Waals surface area contributed by atoms with Crippen LogP contribution in [0.5, 0.6) is 11.5 Å². The molecule has 0 saturated carbocycles. The van der Waals surface area contributed by atoms with Crippen molar-refractivity contribution in [2.45, 2.75) is 13.0 Å². The molecule has 0 spiro atoms. The van der Waals surface area contributed by atoms with E-state index in [-0.39, 0.29) is 6.10 Å². The molecule has 0 bridgehead atoms. The predicted octanol–water partition coefficient (Wildman–Crippen LogP) is 3.15. The van der Waals surface area contributed by atoms with Gasteiger partial charge in [0, 0.05) is 12.1 Å². The molecule has 13 heavy (non-hydrogen) atoms. The van der Waals surface area contributed by atoms with Crippen molar-refractivity contribution >= 4 is 23.2 Å². The van der Waals surface area contributed by atoms with Crippen molar-refractivity contribution in [3.8, 4) is 11.5 Å². The second-order valence-electron chi connectivity index (χ2n) is 2.95. The molecule has 70 valence electrons. The number of rotatable bonds is 0. The fourth-order valence-electron chi connectivity index (χ4n) is 1.17. The van der Waals surface area contributed by atoms with Crippen LogP contribution < -0.4 is 9.47 Å². The lowest BCUT2D eigenvalue weighted by Gasteiger charge is -2.24. The summed E-state index contributed by atoms with van der Waals surface area (Å²) in [6, 6.07) is 3.35. The van der Waals surface area contributed by atoms with E-state index in [4.69, 9.17) is 32.7 Å². The van der Waals surface area contributed by atoms with Crippen LogP contribution in [0.15, 0.2) is 12.1 Å². The molecular weight excluding hydrogens is 211 g/mol. The topological polar surface area (TPSA) is 18.5 Å². The van der Waals surface area contributed by atoms with Crippen LogP contribution in [-0.4, -0.2) is 12.7 Å². The van der Waals surface area contributed by atoms with E-state index < -0.39 is 0 Å². The van der Waals surface area contributed by atoms with Crippen molar-refractivity contribution < 1.29 is 9.47 Å². The summed E-state index contributed by atoms with van der Waals surface area (Å²) in [6.45, 7) is 2.48. The first-order chi connectivity index (χ1) is 6.16. The van der Waals surface area contributed by atoms with Gasteiger partial charge >= 0.3 is 0 Å². The summed E-state index contributed by atoms with van der Waals surface area (Å²) in [7, 11) is 0. The van der Waals surface area contributed by atoms with E-state index in [2.05, 4.69) is 0 Å².